The molecule has 0 aromatic heterocycles. The van der Waals surface area contributed by atoms with E-state index in [2.05, 4.69) is 17.1 Å². The van der Waals surface area contributed by atoms with Crippen LogP contribution in [0.5, 0.6) is 5.75 Å². The van der Waals surface area contributed by atoms with Crippen LogP contribution in [0.1, 0.15) is 12.5 Å². The molecule has 1 heterocycles. The molecule has 2 aromatic carbocycles. The third kappa shape index (κ3) is 6.40. The van der Waals surface area contributed by atoms with E-state index in [9.17, 15) is 17.6 Å². The molecule has 0 bridgehead atoms. The minimum atomic E-state index is -4.10. The summed E-state index contributed by atoms with van der Waals surface area (Å²) in [5.41, 5.74) is 1.14. The van der Waals surface area contributed by atoms with Crippen LogP contribution in [0.15, 0.2) is 59.5 Å². The van der Waals surface area contributed by atoms with Gasteiger partial charge in [0.15, 0.2) is 0 Å². The molecule has 1 amide bonds. The Morgan fingerprint density at radius 2 is 1.82 bits per heavy atom. The number of benzene rings is 2. The summed E-state index contributed by atoms with van der Waals surface area (Å²) in [5, 5.41) is 0. The Balaban J connectivity index is 1.57. The number of amides is 1. The third-order valence-electron chi connectivity index (χ3n) is 5.61. The normalized spacial score (nSPS) is 15.3. The number of piperazine rings is 1. The van der Waals surface area contributed by atoms with E-state index in [1.54, 1.807) is 11.8 Å². The molecule has 7 nitrogen and oxygen atoms in total. The average Bonchev–Trinajstić information content (AvgIpc) is 2.83. The van der Waals surface area contributed by atoms with Crippen molar-refractivity contribution in [2.45, 2.75) is 11.8 Å². The first-order valence-corrected chi connectivity index (χ1v) is 12.3. The summed E-state index contributed by atoms with van der Waals surface area (Å²) in [6.45, 7) is 4.69. The first-order valence-electron chi connectivity index (χ1n) is 10.9. The lowest BCUT2D eigenvalue weighted by Crippen LogP contribution is -2.51. The van der Waals surface area contributed by atoms with Crippen molar-refractivity contribution in [3.05, 3.63) is 66.0 Å². The summed E-state index contributed by atoms with van der Waals surface area (Å²) in [4.78, 5) is 16.5. The van der Waals surface area contributed by atoms with Gasteiger partial charge in [-0.15, -0.1) is 0 Å². The second-order valence-electron chi connectivity index (χ2n) is 7.72. The van der Waals surface area contributed by atoms with Crippen LogP contribution < -0.4 is 4.74 Å². The quantitative estimate of drug-likeness (QED) is 0.558. The number of carbonyl (C=O) groups excluding carboxylic acids is 1. The van der Waals surface area contributed by atoms with Crippen molar-refractivity contribution in [3.8, 4) is 5.75 Å². The summed E-state index contributed by atoms with van der Waals surface area (Å²) < 4.78 is 46.1. The number of hydrogen-bond acceptors (Lipinski definition) is 5. The summed E-state index contributed by atoms with van der Waals surface area (Å²) in [7, 11) is -2.78. The molecule has 0 aliphatic carbocycles. The van der Waals surface area contributed by atoms with E-state index in [0.717, 1.165) is 28.5 Å². The van der Waals surface area contributed by atoms with Gasteiger partial charge in [0.25, 0.3) is 0 Å². The third-order valence-corrected chi connectivity index (χ3v) is 7.55. The molecule has 1 saturated heterocycles. The van der Waals surface area contributed by atoms with E-state index in [-0.39, 0.29) is 29.6 Å². The number of rotatable bonds is 9. The van der Waals surface area contributed by atoms with Crippen LogP contribution in [0, 0.1) is 5.82 Å². The maximum Gasteiger partial charge on any atom is 0.247 e. The van der Waals surface area contributed by atoms with E-state index in [1.165, 1.54) is 13.2 Å². The number of halogens is 1. The maximum absolute atomic E-state index is 13.7. The average molecular weight is 476 g/mol. The molecule has 0 radical (unpaired) electrons. The highest BCUT2D eigenvalue weighted by molar-refractivity contribution is 7.89. The monoisotopic (exact) mass is 475 g/mol. The Labute approximate surface area is 195 Å². The lowest BCUT2D eigenvalue weighted by Gasteiger charge is -2.35. The molecule has 2 aromatic rings. The molecule has 1 aliphatic rings. The van der Waals surface area contributed by atoms with Crippen molar-refractivity contribution in [2.75, 3.05) is 52.9 Å². The predicted molar refractivity (Wildman–Crippen MR) is 126 cm³/mol. The van der Waals surface area contributed by atoms with Gasteiger partial charge in [-0.25, -0.2) is 12.8 Å². The lowest BCUT2D eigenvalue weighted by atomic mass is 10.2. The highest BCUT2D eigenvalue weighted by Gasteiger charge is 2.31. The van der Waals surface area contributed by atoms with Gasteiger partial charge in [0.1, 0.15) is 16.5 Å². The summed E-state index contributed by atoms with van der Waals surface area (Å²) in [6.07, 6.45) is 4.17. The van der Waals surface area contributed by atoms with Gasteiger partial charge in [0, 0.05) is 39.3 Å². The molecule has 1 aliphatic heterocycles. The second kappa shape index (κ2) is 11.4. The Morgan fingerprint density at radius 1 is 1.12 bits per heavy atom. The molecule has 3 rings (SSSR count). The molecule has 0 N–H and O–H groups in total. The SMILES string of the molecule is CCN(CC(=O)N1CCN(C/C=C/c2ccccc2)CC1)S(=O)(=O)c1cc(F)ccc1OC. The number of sulfonamides is 1. The van der Waals surface area contributed by atoms with E-state index < -0.39 is 15.8 Å². The lowest BCUT2D eigenvalue weighted by molar-refractivity contribution is -0.133. The number of nitrogens with zero attached hydrogens (tertiary/aromatic N) is 3. The summed E-state index contributed by atoms with van der Waals surface area (Å²) in [6, 6.07) is 13.4. The van der Waals surface area contributed by atoms with Crippen molar-refractivity contribution in [3.63, 3.8) is 0 Å². The van der Waals surface area contributed by atoms with Gasteiger partial charge in [0.05, 0.1) is 13.7 Å². The second-order valence-corrected chi connectivity index (χ2v) is 9.63. The number of carbonyl (C=O) groups is 1. The zero-order valence-electron chi connectivity index (χ0n) is 19.0. The highest BCUT2D eigenvalue weighted by Crippen LogP contribution is 2.27. The topological polar surface area (TPSA) is 70.2 Å². The molecule has 0 atom stereocenters. The van der Waals surface area contributed by atoms with Gasteiger partial charge in [-0.1, -0.05) is 49.4 Å². The fourth-order valence-electron chi connectivity index (χ4n) is 3.69. The molecule has 33 heavy (non-hydrogen) atoms. The maximum atomic E-state index is 13.7. The molecule has 178 valence electrons. The van der Waals surface area contributed by atoms with Crippen LogP contribution in [0.2, 0.25) is 0 Å². The van der Waals surface area contributed by atoms with Crippen molar-refractivity contribution < 1.29 is 22.3 Å². The Hall–Kier alpha value is -2.75. The summed E-state index contributed by atoms with van der Waals surface area (Å²) >= 11 is 0. The minimum absolute atomic E-state index is 0.0412. The predicted octanol–water partition coefficient (Wildman–Crippen LogP) is 2.70. The zero-order valence-corrected chi connectivity index (χ0v) is 19.8. The van der Waals surface area contributed by atoms with Crippen molar-refractivity contribution in [2.24, 2.45) is 0 Å². The summed E-state index contributed by atoms with van der Waals surface area (Å²) in [5.74, 6) is -0.913. The van der Waals surface area contributed by atoms with Crippen LogP contribution >= 0.6 is 0 Å². The van der Waals surface area contributed by atoms with Crippen molar-refractivity contribution in [1.82, 2.24) is 14.1 Å². The highest BCUT2D eigenvalue weighted by atomic mass is 32.2. The Morgan fingerprint density at radius 3 is 2.45 bits per heavy atom. The zero-order chi connectivity index (χ0) is 23.8. The van der Waals surface area contributed by atoms with Gasteiger partial charge < -0.3 is 9.64 Å². The number of methoxy groups -OCH3 is 1. The standard InChI is InChI=1S/C24H30FN3O4S/c1-3-28(33(30,31)23-18-21(25)11-12-22(23)32-2)19-24(29)27-16-14-26(15-17-27)13-7-10-20-8-5-4-6-9-20/h4-12,18H,3,13-17,19H2,1-2H3/b10-7+. The van der Waals surface area contributed by atoms with Gasteiger partial charge in [-0.3, -0.25) is 9.69 Å². The fourth-order valence-corrected chi connectivity index (χ4v) is 5.26. The van der Waals surface area contributed by atoms with E-state index in [0.29, 0.717) is 26.2 Å². The van der Waals surface area contributed by atoms with Gasteiger partial charge in [0.2, 0.25) is 15.9 Å². The van der Waals surface area contributed by atoms with Gasteiger partial charge in [-0.2, -0.15) is 4.31 Å². The first-order chi connectivity index (χ1) is 15.8. The number of ether oxygens (including phenoxy) is 1. The van der Waals surface area contributed by atoms with Crippen LogP contribution in [0.4, 0.5) is 4.39 Å². The first kappa shape index (κ1) is 24.9. The van der Waals surface area contributed by atoms with Crippen LogP contribution in [-0.2, 0) is 14.8 Å². The van der Waals surface area contributed by atoms with Crippen LogP contribution in [0.25, 0.3) is 6.08 Å². The van der Waals surface area contributed by atoms with Crippen LogP contribution in [0.3, 0.4) is 0 Å². The molecule has 0 saturated carbocycles. The number of likely N-dealkylation sites (N-methyl/N-ethyl adjacent to an activating group) is 1. The molecule has 9 heteroatoms. The minimum Gasteiger partial charge on any atom is -0.495 e. The van der Waals surface area contributed by atoms with E-state index in [4.69, 9.17) is 4.74 Å². The molecule has 0 unspecified atom stereocenters. The number of hydrogen-bond donors (Lipinski definition) is 0. The van der Waals surface area contributed by atoms with Crippen LogP contribution in [-0.4, -0.2) is 81.4 Å². The fraction of sp³-hybridized carbons (Fsp3) is 0.375. The molecule has 0 spiro atoms. The van der Waals surface area contributed by atoms with E-state index >= 15 is 0 Å². The van der Waals surface area contributed by atoms with Crippen molar-refractivity contribution in [1.29, 1.82) is 0 Å². The molecular weight excluding hydrogens is 445 g/mol. The Kier molecular flexibility index (Phi) is 8.60. The van der Waals surface area contributed by atoms with Gasteiger partial charge in [-0.05, 0) is 23.8 Å². The van der Waals surface area contributed by atoms with Gasteiger partial charge >= 0.3 is 0 Å². The molecule has 1 fully saturated rings. The van der Waals surface area contributed by atoms with E-state index in [1.807, 2.05) is 30.3 Å². The Bertz CT molecular complexity index is 1070. The van der Waals surface area contributed by atoms with Crippen molar-refractivity contribution >= 4 is 22.0 Å². The smallest absolute Gasteiger partial charge is 0.247 e. The largest absolute Gasteiger partial charge is 0.495 e. The molecular formula is C24H30FN3O4S.